The Balaban J connectivity index is 2.11. The van der Waals surface area contributed by atoms with Crippen LogP contribution in [-0.2, 0) is 6.42 Å². The molecule has 2 aromatic heterocycles. The molecule has 86 valence electrons. The van der Waals surface area contributed by atoms with Crippen molar-refractivity contribution in [2.45, 2.75) is 6.42 Å². The Kier molecular flexibility index (Phi) is 2.38. The van der Waals surface area contributed by atoms with Crippen molar-refractivity contribution in [3.05, 3.63) is 42.1 Å². The molecule has 0 bridgehead atoms. The highest BCUT2D eigenvalue weighted by Gasteiger charge is 2.10. The maximum absolute atomic E-state index is 8.90. The van der Waals surface area contributed by atoms with E-state index in [1.807, 2.05) is 40.9 Å². The minimum Gasteiger partial charge on any atom is -0.396 e. The molecule has 0 radical (unpaired) electrons. The molecule has 0 unspecified atom stereocenters. The Labute approximate surface area is 97.7 Å². The summed E-state index contributed by atoms with van der Waals surface area (Å²) in [7, 11) is 0. The van der Waals surface area contributed by atoms with E-state index in [1.165, 1.54) is 0 Å². The smallest absolute Gasteiger partial charge is 0.183 e. The summed E-state index contributed by atoms with van der Waals surface area (Å²) >= 11 is 0. The Morgan fingerprint density at radius 2 is 2.00 bits per heavy atom. The quantitative estimate of drug-likeness (QED) is 0.709. The lowest BCUT2D eigenvalue weighted by molar-refractivity contribution is 0.298. The number of H-pyrrole nitrogens is 1. The van der Waals surface area contributed by atoms with Gasteiger partial charge in [-0.3, -0.25) is 5.10 Å². The first-order valence-electron chi connectivity index (χ1n) is 5.48. The predicted molar refractivity (Wildman–Crippen MR) is 63.6 cm³/mol. The molecule has 0 aliphatic rings. The summed E-state index contributed by atoms with van der Waals surface area (Å²) in [6, 6.07) is 11.8. The van der Waals surface area contributed by atoms with Crippen LogP contribution in [0.25, 0.3) is 17.0 Å². The molecule has 0 fully saturated rings. The van der Waals surface area contributed by atoms with E-state index in [-0.39, 0.29) is 6.61 Å². The van der Waals surface area contributed by atoms with Crippen LogP contribution in [0.4, 0.5) is 0 Å². The van der Waals surface area contributed by atoms with Gasteiger partial charge in [0, 0.05) is 30.4 Å². The zero-order chi connectivity index (χ0) is 11.7. The number of rotatable bonds is 3. The van der Waals surface area contributed by atoms with Gasteiger partial charge in [-0.1, -0.05) is 30.3 Å². The van der Waals surface area contributed by atoms with Gasteiger partial charge in [0.1, 0.15) is 0 Å². The van der Waals surface area contributed by atoms with Gasteiger partial charge in [0.25, 0.3) is 0 Å². The summed E-state index contributed by atoms with van der Waals surface area (Å²) in [5.74, 6) is 0.782. The number of fused-ring (bicyclic) bond motifs is 1. The maximum atomic E-state index is 8.90. The van der Waals surface area contributed by atoms with E-state index in [4.69, 9.17) is 5.11 Å². The fourth-order valence-electron chi connectivity index (χ4n) is 1.85. The van der Waals surface area contributed by atoms with Gasteiger partial charge in [0.15, 0.2) is 11.5 Å². The molecule has 5 nitrogen and oxygen atoms in total. The van der Waals surface area contributed by atoms with Crippen LogP contribution in [0.15, 0.2) is 36.4 Å². The minimum atomic E-state index is 0.123. The normalized spacial score (nSPS) is 11.1. The van der Waals surface area contributed by atoms with Gasteiger partial charge in [-0.15, -0.1) is 10.2 Å². The molecule has 0 amide bonds. The third kappa shape index (κ3) is 1.70. The van der Waals surface area contributed by atoms with E-state index in [1.54, 1.807) is 0 Å². The van der Waals surface area contributed by atoms with E-state index < -0.39 is 0 Å². The Bertz CT molecular complexity index is 626. The Hall–Kier alpha value is -2.14. The minimum absolute atomic E-state index is 0.123. The average molecular weight is 228 g/mol. The van der Waals surface area contributed by atoms with Crippen LogP contribution in [0.3, 0.4) is 0 Å². The summed E-state index contributed by atoms with van der Waals surface area (Å²) in [6.07, 6.45) is 0.595. The molecule has 0 saturated carbocycles. The van der Waals surface area contributed by atoms with Gasteiger partial charge in [0.2, 0.25) is 0 Å². The van der Waals surface area contributed by atoms with Gasteiger partial charge in [0.05, 0.1) is 0 Å². The molecule has 3 aromatic rings. The third-order valence-electron chi connectivity index (χ3n) is 2.66. The highest BCUT2D eigenvalue weighted by Crippen LogP contribution is 2.17. The summed E-state index contributed by atoms with van der Waals surface area (Å²) < 4.78 is 1.83. The van der Waals surface area contributed by atoms with Crippen molar-refractivity contribution in [2.24, 2.45) is 0 Å². The van der Waals surface area contributed by atoms with Crippen LogP contribution >= 0.6 is 0 Å². The topological polar surface area (TPSA) is 66.2 Å². The number of nitrogens with one attached hydrogen (secondary N) is 1. The summed E-state index contributed by atoms with van der Waals surface area (Å²) in [5.41, 5.74) is 2.74. The van der Waals surface area contributed by atoms with Gasteiger partial charge >= 0.3 is 0 Å². The zero-order valence-corrected chi connectivity index (χ0v) is 9.17. The molecule has 0 aliphatic heterocycles. The number of aromatic nitrogens is 4. The second-order valence-corrected chi connectivity index (χ2v) is 3.84. The second-order valence-electron chi connectivity index (χ2n) is 3.84. The van der Waals surface area contributed by atoms with E-state index in [0.29, 0.717) is 6.42 Å². The summed E-state index contributed by atoms with van der Waals surface area (Å²) in [4.78, 5) is 0. The van der Waals surface area contributed by atoms with Crippen LogP contribution in [0.2, 0.25) is 0 Å². The average Bonchev–Trinajstić information content (AvgIpc) is 2.90. The highest BCUT2D eigenvalue weighted by molar-refractivity contribution is 5.58. The number of aliphatic hydroxyl groups excluding tert-OH is 1. The number of benzene rings is 1. The standard InChI is InChI=1S/C12H12N4O/c17-7-6-10-8-11-13-14-12(16(11)15-10)9-4-2-1-3-5-9/h1-5,8,15,17H,6-7H2. The first-order chi connectivity index (χ1) is 8.38. The molecule has 1 aromatic carbocycles. The first kappa shape index (κ1) is 10.0. The van der Waals surface area contributed by atoms with E-state index in [9.17, 15) is 0 Å². The molecule has 0 saturated heterocycles. The number of hydrogen-bond acceptors (Lipinski definition) is 3. The van der Waals surface area contributed by atoms with Crippen LogP contribution in [0, 0.1) is 0 Å². The molecule has 2 heterocycles. The second kappa shape index (κ2) is 4.03. The maximum Gasteiger partial charge on any atom is 0.183 e. The van der Waals surface area contributed by atoms with E-state index in [0.717, 1.165) is 22.7 Å². The van der Waals surface area contributed by atoms with Gasteiger partial charge in [-0.05, 0) is 0 Å². The first-order valence-corrected chi connectivity index (χ1v) is 5.48. The lowest BCUT2D eigenvalue weighted by Gasteiger charge is -1.97. The lowest BCUT2D eigenvalue weighted by Crippen LogP contribution is -1.94. The molecular formula is C12H12N4O. The van der Waals surface area contributed by atoms with Crippen molar-refractivity contribution in [1.82, 2.24) is 19.8 Å². The van der Waals surface area contributed by atoms with E-state index in [2.05, 4.69) is 15.3 Å². The van der Waals surface area contributed by atoms with Crippen LogP contribution in [-0.4, -0.2) is 31.5 Å². The van der Waals surface area contributed by atoms with Gasteiger partial charge < -0.3 is 5.11 Å². The van der Waals surface area contributed by atoms with Gasteiger partial charge in [-0.2, -0.15) is 0 Å². The lowest BCUT2D eigenvalue weighted by atomic mass is 10.2. The van der Waals surface area contributed by atoms with Crippen molar-refractivity contribution < 1.29 is 5.11 Å². The highest BCUT2D eigenvalue weighted by atomic mass is 16.3. The fourth-order valence-corrected chi connectivity index (χ4v) is 1.85. The third-order valence-corrected chi connectivity index (χ3v) is 2.66. The van der Waals surface area contributed by atoms with Crippen LogP contribution in [0.5, 0.6) is 0 Å². The summed E-state index contributed by atoms with van der Waals surface area (Å²) in [6.45, 7) is 0.123. The molecule has 17 heavy (non-hydrogen) atoms. The van der Waals surface area contributed by atoms with Crippen molar-refractivity contribution in [3.63, 3.8) is 0 Å². The molecular weight excluding hydrogens is 216 g/mol. The van der Waals surface area contributed by atoms with Crippen molar-refractivity contribution in [1.29, 1.82) is 0 Å². The molecule has 0 spiro atoms. The number of aliphatic hydroxyl groups is 1. The summed E-state index contributed by atoms with van der Waals surface area (Å²) in [5, 5.41) is 20.3. The predicted octanol–water partition coefficient (Wildman–Crippen LogP) is 1.26. The number of hydrogen-bond donors (Lipinski definition) is 2. The Morgan fingerprint density at radius 3 is 2.76 bits per heavy atom. The van der Waals surface area contributed by atoms with Crippen LogP contribution < -0.4 is 0 Å². The number of nitrogens with zero attached hydrogens (tertiary/aromatic N) is 3. The SMILES string of the molecule is OCCc1cc2nnc(-c3ccccc3)n2[nH]1. The fraction of sp³-hybridized carbons (Fsp3) is 0.167. The van der Waals surface area contributed by atoms with Crippen LogP contribution in [0.1, 0.15) is 5.69 Å². The molecule has 0 atom stereocenters. The Morgan fingerprint density at radius 1 is 1.18 bits per heavy atom. The zero-order valence-electron chi connectivity index (χ0n) is 9.17. The van der Waals surface area contributed by atoms with Crippen molar-refractivity contribution >= 4 is 5.65 Å². The van der Waals surface area contributed by atoms with Crippen molar-refractivity contribution in [2.75, 3.05) is 6.61 Å². The number of aromatic amines is 1. The van der Waals surface area contributed by atoms with E-state index >= 15 is 0 Å². The van der Waals surface area contributed by atoms with Gasteiger partial charge in [-0.25, -0.2) is 4.52 Å². The molecule has 0 aliphatic carbocycles. The monoisotopic (exact) mass is 228 g/mol. The van der Waals surface area contributed by atoms with Crippen molar-refractivity contribution in [3.8, 4) is 11.4 Å². The molecule has 3 rings (SSSR count). The molecule has 5 heteroatoms. The largest absolute Gasteiger partial charge is 0.396 e. The molecule has 2 N–H and O–H groups in total.